The van der Waals surface area contributed by atoms with Crippen LogP contribution in [0.4, 0.5) is 0 Å². The van der Waals surface area contributed by atoms with Gasteiger partial charge in [0.1, 0.15) is 0 Å². The normalized spacial score (nSPS) is 22.7. The average molecular weight is 209 g/mol. The number of terminal acetylenes is 1. The molecule has 0 heterocycles. The van der Waals surface area contributed by atoms with Crippen LogP contribution < -0.4 is 5.32 Å². The van der Waals surface area contributed by atoms with Crippen molar-refractivity contribution >= 4 is 0 Å². The molecule has 0 bridgehead atoms. The Hall–Kier alpha value is -0.520. The Labute approximate surface area is 93.8 Å². The first-order valence-electron chi connectivity index (χ1n) is 6.06. The zero-order valence-corrected chi connectivity index (χ0v) is 10.0. The van der Waals surface area contributed by atoms with Gasteiger partial charge in [0.05, 0.1) is 11.6 Å². The fourth-order valence-electron chi connectivity index (χ4n) is 2.63. The molecule has 1 N–H and O–H groups in total. The van der Waals surface area contributed by atoms with E-state index >= 15 is 0 Å². The third-order valence-electron chi connectivity index (χ3n) is 3.36. The van der Waals surface area contributed by atoms with Crippen LogP contribution in [0.15, 0.2) is 0 Å². The van der Waals surface area contributed by atoms with E-state index in [1.165, 1.54) is 25.7 Å². The van der Waals surface area contributed by atoms with E-state index in [-0.39, 0.29) is 11.6 Å². The second kappa shape index (κ2) is 6.15. The first-order valence-corrected chi connectivity index (χ1v) is 6.06. The summed E-state index contributed by atoms with van der Waals surface area (Å²) in [6.07, 6.45) is 12.9. The SMILES string of the molecule is C#CC(NC)C1(OCC)CCCCCC1. The van der Waals surface area contributed by atoms with Crippen molar-refractivity contribution in [3.05, 3.63) is 0 Å². The van der Waals surface area contributed by atoms with Crippen LogP contribution in [0.5, 0.6) is 0 Å². The van der Waals surface area contributed by atoms with Gasteiger partial charge in [-0.3, -0.25) is 0 Å². The van der Waals surface area contributed by atoms with Crippen LogP contribution in [-0.4, -0.2) is 25.3 Å². The molecule has 1 aliphatic rings. The van der Waals surface area contributed by atoms with Gasteiger partial charge in [-0.25, -0.2) is 0 Å². The minimum atomic E-state index is -0.116. The van der Waals surface area contributed by atoms with Crippen molar-refractivity contribution in [3.8, 4) is 12.3 Å². The van der Waals surface area contributed by atoms with E-state index in [1.807, 2.05) is 7.05 Å². The number of likely N-dealkylation sites (N-methyl/N-ethyl adjacent to an activating group) is 1. The lowest BCUT2D eigenvalue weighted by molar-refractivity contribution is -0.0627. The van der Waals surface area contributed by atoms with E-state index in [2.05, 4.69) is 18.2 Å². The molecule has 86 valence electrons. The van der Waals surface area contributed by atoms with E-state index < -0.39 is 0 Å². The summed E-state index contributed by atoms with van der Waals surface area (Å²) in [7, 11) is 1.93. The molecule has 0 spiro atoms. The van der Waals surface area contributed by atoms with Gasteiger partial charge in [-0.1, -0.05) is 31.6 Å². The fourth-order valence-corrected chi connectivity index (χ4v) is 2.63. The van der Waals surface area contributed by atoms with Crippen molar-refractivity contribution < 1.29 is 4.74 Å². The van der Waals surface area contributed by atoms with Crippen molar-refractivity contribution in [1.82, 2.24) is 5.32 Å². The van der Waals surface area contributed by atoms with Crippen LogP contribution in [0.3, 0.4) is 0 Å². The molecule has 15 heavy (non-hydrogen) atoms. The van der Waals surface area contributed by atoms with Crippen LogP contribution >= 0.6 is 0 Å². The molecule has 0 aromatic heterocycles. The van der Waals surface area contributed by atoms with Gasteiger partial charge >= 0.3 is 0 Å². The van der Waals surface area contributed by atoms with Crippen molar-refractivity contribution in [3.63, 3.8) is 0 Å². The van der Waals surface area contributed by atoms with Crippen LogP contribution in [0.25, 0.3) is 0 Å². The van der Waals surface area contributed by atoms with Crippen LogP contribution in [0, 0.1) is 12.3 Å². The van der Waals surface area contributed by atoms with Gasteiger partial charge in [0.25, 0.3) is 0 Å². The summed E-state index contributed by atoms with van der Waals surface area (Å²) in [6.45, 7) is 2.80. The van der Waals surface area contributed by atoms with Gasteiger partial charge < -0.3 is 10.1 Å². The van der Waals surface area contributed by atoms with E-state index in [0.717, 1.165) is 19.4 Å². The molecular weight excluding hydrogens is 186 g/mol. The molecule has 1 saturated carbocycles. The Bertz CT molecular complexity index is 211. The third-order valence-corrected chi connectivity index (χ3v) is 3.36. The molecule has 0 saturated heterocycles. The second-order valence-corrected chi connectivity index (χ2v) is 4.30. The number of ether oxygens (including phenoxy) is 1. The van der Waals surface area contributed by atoms with Gasteiger partial charge in [0.2, 0.25) is 0 Å². The third kappa shape index (κ3) is 2.96. The smallest absolute Gasteiger partial charge is 0.0978 e. The van der Waals surface area contributed by atoms with Crippen molar-refractivity contribution in [2.24, 2.45) is 0 Å². The van der Waals surface area contributed by atoms with Crippen LogP contribution in [-0.2, 0) is 4.74 Å². The maximum absolute atomic E-state index is 5.99. The quantitative estimate of drug-likeness (QED) is 0.567. The molecule has 0 aromatic carbocycles. The monoisotopic (exact) mass is 209 g/mol. The lowest BCUT2D eigenvalue weighted by Gasteiger charge is -2.37. The molecule has 1 fully saturated rings. The molecule has 0 amide bonds. The fraction of sp³-hybridized carbons (Fsp3) is 0.846. The standard InChI is InChI=1S/C13H23NO/c1-4-12(14-3)13(15-5-2)10-8-6-7-9-11-13/h1,12,14H,5-11H2,2-3H3. The molecule has 0 radical (unpaired) electrons. The van der Waals surface area contributed by atoms with Crippen LogP contribution in [0.2, 0.25) is 0 Å². The first kappa shape index (κ1) is 12.5. The summed E-state index contributed by atoms with van der Waals surface area (Å²) >= 11 is 0. The minimum absolute atomic E-state index is 0.0514. The van der Waals surface area contributed by atoms with E-state index in [4.69, 9.17) is 11.2 Å². The average Bonchev–Trinajstić information content (AvgIpc) is 2.47. The van der Waals surface area contributed by atoms with Crippen molar-refractivity contribution in [2.45, 2.75) is 57.1 Å². The molecule has 2 nitrogen and oxygen atoms in total. The Morgan fingerprint density at radius 1 is 1.33 bits per heavy atom. The van der Waals surface area contributed by atoms with E-state index in [1.54, 1.807) is 0 Å². The first-order chi connectivity index (χ1) is 7.29. The van der Waals surface area contributed by atoms with Gasteiger partial charge in [0, 0.05) is 6.61 Å². The number of hydrogen-bond donors (Lipinski definition) is 1. The Morgan fingerprint density at radius 3 is 2.33 bits per heavy atom. The predicted octanol–water partition coefficient (Wildman–Crippen LogP) is 2.34. The molecular formula is C13H23NO. The summed E-state index contributed by atoms with van der Waals surface area (Å²) in [5.74, 6) is 2.84. The topological polar surface area (TPSA) is 21.3 Å². The molecule has 1 atom stereocenters. The number of nitrogens with one attached hydrogen (secondary N) is 1. The highest BCUT2D eigenvalue weighted by Gasteiger charge is 2.38. The maximum Gasteiger partial charge on any atom is 0.0978 e. The molecule has 1 aliphatic carbocycles. The zero-order valence-electron chi connectivity index (χ0n) is 10.0. The molecule has 2 heteroatoms. The summed E-state index contributed by atoms with van der Waals surface area (Å²) in [5.41, 5.74) is -0.116. The van der Waals surface area contributed by atoms with Gasteiger partial charge in [0.15, 0.2) is 0 Å². The van der Waals surface area contributed by atoms with Gasteiger partial charge in [-0.2, -0.15) is 0 Å². The van der Waals surface area contributed by atoms with Crippen molar-refractivity contribution in [2.75, 3.05) is 13.7 Å². The Morgan fingerprint density at radius 2 is 1.93 bits per heavy atom. The highest BCUT2D eigenvalue weighted by Crippen LogP contribution is 2.33. The number of hydrogen-bond acceptors (Lipinski definition) is 2. The summed E-state index contributed by atoms with van der Waals surface area (Å²) in [5, 5.41) is 3.21. The lowest BCUT2D eigenvalue weighted by atomic mass is 9.86. The van der Waals surface area contributed by atoms with Crippen molar-refractivity contribution in [1.29, 1.82) is 0 Å². The van der Waals surface area contributed by atoms with Gasteiger partial charge in [-0.15, -0.1) is 6.42 Å². The largest absolute Gasteiger partial charge is 0.373 e. The summed E-state index contributed by atoms with van der Waals surface area (Å²) in [6, 6.07) is 0.0514. The Balaban J connectivity index is 2.79. The summed E-state index contributed by atoms with van der Waals surface area (Å²) < 4.78 is 5.99. The highest BCUT2D eigenvalue weighted by molar-refractivity contribution is 5.10. The highest BCUT2D eigenvalue weighted by atomic mass is 16.5. The summed E-state index contributed by atoms with van der Waals surface area (Å²) in [4.78, 5) is 0. The number of rotatable bonds is 4. The zero-order chi connectivity index (χ0) is 11.1. The molecule has 1 rings (SSSR count). The van der Waals surface area contributed by atoms with Gasteiger partial charge in [-0.05, 0) is 26.8 Å². The molecule has 0 aliphatic heterocycles. The molecule has 1 unspecified atom stereocenters. The maximum atomic E-state index is 5.99. The second-order valence-electron chi connectivity index (χ2n) is 4.30. The minimum Gasteiger partial charge on any atom is -0.373 e. The predicted molar refractivity (Wildman–Crippen MR) is 63.7 cm³/mol. The lowest BCUT2D eigenvalue weighted by Crippen LogP contribution is -2.50. The van der Waals surface area contributed by atoms with Crippen LogP contribution in [0.1, 0.15) is 45.4 Å². The van der Waals surface area contributed by atoms with E-state index in [9.17, 15) is 0 Å². The van der Waals surface area contributed by atoms with E-state index in [0.29, 0.717) is 0 Å². The Kier molecular flexibility index (Phi) is 5.14. The molecule has 0 aromatic rings.